The Bertz CT molecular complexity index is 398. The van der Waals surface area contributed by atoms with Gasteiger partial charge in [0, 0.05) is 6.04 Å². The normalized spacial score (nSPS) is 24.8. The maximum atomic E-state index is 10.4. The number of rotatable bonds is 3. The van der Waals surface area contributed by atoms with Crippen molar-refractivity contribution in [3.63, 3.8) is 0 Å². The van der Waals surface area contributed by atoms with Crippen molar-refractivity contribution >= 4 is 11.6 Å². The van der Waals surface area contributed by atoms with Crippen LogP contribution in [0.1, 0.15) is 52.0 Å². The number of aliphatic hydroxyl groups is 1. The average Bonchev–Trinajstić information content (AvgIpc) is 2.64. The second-order valence-corrected chi connectivity index (χ2v) is 6.07. The highest BCUT2D eigenvalue weighted by atomic mass is 35.5. The largest absolute Gasteiger partial charge is 0.386 e. The second-order valence-electron chi connectivity index (χ2n) is 5.66. The number of aliphatic hydroxyl groups excluding tert-OH is 1. The van der Waals surface area contributed by atoms with Crippen LogP contribution in [0.3, 0.4) is 0 Å². The zero-order valence-corrected chi connectivity index (χ0v) is 11.0. The Hall–Kier alpha value is -0.540. The van der Waals surface area contributed by atoms with Crippen molar-refractivity contribution in [2.24, 2.45) is 11.3 Å². The summed E-state index contributed by atoms with van der Waals surface area (Å²) in [7, 11) is 0. The van der Waals surface area contributed by atoms with Crippen LogP contribution in [-0.2, 0) is 0 Å². The van der Waals surface area contributed by atoms with E-state index in [2.05, 4.69) is 18.9 Å². The van der Waals surface area contributed by atoms with Gasteiger partial charge in [-0.3, -0.25) is 4.68 Å². The number of nitrogens with zero attached hydrogens (tertiary/aromatic N) is 2. The van der Waals surface area contributed by atoms with E-state index in [0.717, 1.165) is 12.1 Å². The lowest BCUT2D eigenvalue weighted by molar-refractivity contribution is 0.126. The van der Waals surface area contributed by atoms with Gasteiger partial charge in [-0.1, -0.05) is 25.4 Å². The molecule has 3 nitrogen and oxygen atoms in total. The standard InChI is InChI=1S/C12H19ClN2O/c1-7(2)15-10(9(13)6-14-15)11(16)8-5-12(8,3)4/h6-8,11,16H,5H2,1-4H3. The summed E-state index contributed by atoms with van der Waals surface area (Å²) in [5, 5.41) is 15.1. The van der Waals surface area contributed by atoms with E-state index in [1.54, 1.807) is 6.20 Å². The summed E-state index contributed by atoms with van der Waals surface area (Å²) >= 11 is 6.11. The predicted molar refractivity (Wildman–Crippen MR) is 64.5 cm³/mol. The fourth-order valence-corrected chi connectivity index (χ4v) is 2.52. The summed E-state index contributed by atoms with van der Waals surface area (Å²) in [5.41, 5.74) is 1.00. The molecule has 0 aliphatic heterocycles. The van der Waals surface area contributed by atoms with Crippen LogP contribution in [0.15, 0.2) is 6.20 Å². The lowest BCUT2D eigenvalue weighted by Crippen LogP contribution is -2.14. The molecule has 1 aliphatic carbocycles. The van der Waals surface area contributed by atoms with E-state index in [0.29, 0.717) is 10.9 Å². The van der Waals surface area contributed by atoms with E-state index in [9.17, 15) is 5.11 Å². The lowest BCUT2D eigenvalue weighted by Gasteiger charge is -2.17. The number of hydrogen-bond acceptors (Lipinski definition) is 2. The van der Waals surface area contributed by atoms with Crippen LogP contribution >= 0.6 is 11.6 Å². The van der Waals surface area contributed by atoms with Gasteiger partial charge in [0.1, 0.15) is 6.10 Å². The molecule has 0 amide bonds. The van der Waals surface area contributed by atoms with Crippen LogP contribution in [0.25, 0.3) is 0 Å². The minimum absolute atomic E-state index is 0.221. The number of hydrogen-bond donors (Lipinski definition) is 1. The van der Waals surface area contributed by atoms with E-state index in [4.69, 9.17) is 11.6 Å². The van der Waals surface area contributed by atoms with Crippen LogP contribution in [-0.4, -0.2) is 14.9 Å². The Kier molecular flexibility index (Phi) is 2.79. The van der Waals surface area contributed by atoms with Gasteiger partial charge in [0.2, 0.25) is 0 Å². The van der Waals surface area contributed by atoms with Crippen molar-refractivity contribution in [1.82, 2.24) is 9.78 Å². The molecule has 0 aromatic carbocycles. The van der Waals surface area contributed by atoms with Gasteiger partial charge in [-0.2, -0.15) is 5.10 Å². The van der Waals surface area contributed by atoms with E-state index >= 15 is 0 Å². The highest BCUT2D eigenvalue weighted by Crippen LogP contribution is 2.58. The maximum absolute atomic E-state index is 10.4. The first kappa shape index (κ1) is 11.9. The summed E-state index contributed by atoms with van der Waals surface area (Å²) in [6.07, 6.45) is 2.18. The number of halogens is 1. The first-order valence-corrected chi connectivity index (χ1v) is 6.13. The minimum Gasteiger partial charge on any atom is -0.386 e. The molecular weight excluding hydrogens is 224 g/mol. The summed E-state index contributed by atoms with van der Waals surface area (Å²) in [4.78, 5) is 0. The smallest absolute Gasteiger partial charge is 0.100 e. The molecule has 1 aromatic heterocycles. The molecule has 1 aromatic rings. The van der Waals surface area contributed by atoms with Gasteiger partial charge in [0.15, 0.2) is 0 Å². The van der Waals surface area contributed by atoms with Crippen molar-refractivity contribution in [1.29, 1.82) is 0 Å². The van der Waals surface area contributed by atoms with E-state index in [1.165, 1.54) is 0 Å². The van der Waals surface area contributed by atoms with E-state index < -0.39 is 6.10 Å². The van der Waals surface area contributed by atoms with Crippen LogP contribution < -0.4 is 0 Å². The summed E-state index contributed by atoms with van der Waals surface area (Å²) in [6.45, 7) is 8.42. The van der Waals surface area contributed by atoms with Crippen LogP contribution in [0.2, 0.25) is 5.02 Å². The third kappa shape index (κ3) is 1.87. The Morgan fingerprint density at radius 1 is 1.56 bits per heavy atom. The van der Waals surface area contributed by atoms with Gasteiger partial charge in [0.05, 0.1) is 16.9 Å². The predicted octanol–water partition coefficient (Wildman–Crippen LogP) is 3.20. The molecule has 0 spiro atoms. The molecule has 2 atom stereocenters. The molecular formula is C12H19ClN2O. The molecule has 16 heavy (non-hydrogen) atoms. The van der Waals surface area contributed by atoms with Gasteiger partial charge < -0.3 is 5.11 Å². The first-order chi connectivity index (χ1) is 7.34. The van der Waals surface area contributed by atoms with Crippen LogP contribution in [0.4, 0.5) is 0 Å². The number of aromatic nitrogens is 2. The van der Waals surface area contributed by atoms with Crippen LogP contribution in [0.5, 0.6) is 0 Å². The molecule has 1 heterocycles. The molecule has 0 bridgehead atoms. The Morgan fingerprint density at radius 2 is 2.12 bits per heavy atom. The molecule has 0 saturated heterocycles. The van der Waals surface area contributed by atoms with Gasteiger partial charge in [-0.25, -0.2) is 0 Å². The SMILES string of the molecule is CC(C)n1ncc(Cl)c1C(O)C1CC1(C)C. The maximum Gasteiger partial charge on any atom is 0.100 e. The molecule has 0 radical (unpaired) electrons. The molecule has 2 rings (SSSR count). The van der Waals surface area contributed by atoms with Crippen molar-refractivity contribution in [2.45, 2.75) is 46.3 Å². The lowest BCUT2D eigenvalue weighted by atomic mass is 10.0. The molecule has 1 aliphatic rings. The Labute approximate surface area is 101 Å². The van der Waals surface area contributed by atoms with E-state index in [-0.39, 0.29) is 11.5 Å². The summed E-state index contributed by atoms with van der Waals surface area (Å²) in [6, 6.07) is 0.221. The highest BCUT2D eigenvalue weighted by Gasteiger charge is 2.51. The van der Waals surface area contributed by atoms with Crippen LogP contribution in [0, 0.1) is 11.3 Å². The Balaban J connectivity index is 2.29. The molecule has 4 heteroatoms. The summed E-state index contributed by atoms with van der Waals surface area (Å²) in [5.74, 6) is 0.305. The summed E-state index contributed by atoms with van der Waals surface area (Å²) < 4.78 is 1.82. The molecule has 1 saturated carbocycles. The highest BCUT2D eigenvalue weighted by molar-refractivity contribution is 6.31. The Morgan fingerprint density at radius 3 is 2.56 bits per heavy atom. The van der Waals surface area contributed by atoms with Gasteiger partial charge in [-0.15, -0.1) is 0 Å². The fourth-order valence-electron chi connectivity index (χ4n) is 2.28. The van der Waals surface area contributed by atoms with Crippen molar-refractivity contribution in [3.05, 3.63) is 16.9 Å². The average molecular weight is 243 g/mol. The molecule has 1 N–H and O–H groups in total. The van der Waals surface area contributed by atoms with Crippen molar-refractivity contribution in [3.8, 4) is 0 Å². The third-order valence-corrected chi connectivity index (χ3v) is 3.82. The van der Waals surface area contributed by atoms with Crippen molar-refractivity contribution in [2.75, 3.05) is 0 Å². The first-order valence-electron chi connectivity index (χ1n) is 5.75. The third-order valence-electron chi connectivity index (χ3n) is 3.53. The van der Waals surface area contributed by atoms with Gasteiger partial charge in [0.25, 0.3) is 0 Å². The molecule has 1 fully saturated rings. The van der Waals surface area contributed by atoms with Gasteiger partial charge in [-0.05, 0) is 31.6 Å². The fraction of sp³-hybridized carbons (Fsp3) is 0.750. The van der Waals surface area contributed by atoms with Crippen molar-refractivity contribution < 1.29 is 5.11 Å². The zero-order valence-electron chi connectivity index (χ0n) is 10.2. The molecule has 90 valence electrons. The molecule has 2 unspecified atom stereocenters. The zero-order chi connectivity index (χ0) is 12.1. The minimum atomic E-state index is -0.493. The monoisotopic (exact) mass is 242 g/mol. The topological polar surface area (TPSA) is 38.0 Å². The second kappa shape index (κ2) is 3.74. The van der Waals surface area contributed by atoms with E-state index in [1.807, 2.05) is 18.5 Å². The quantitative estimate of drug-likeness (QED) is 0.884. The van der Waals surface area contributed by atoms with Gasteiger partial charge >= 0.3 is 0 Å².